The Morgan fingerprint density at radius 2 is 1.86 bits per heavy atom. The van der Waals surface area contributed by atoms with Gasteiger partial charge in [0.2, 0.25) is 11.8 Å². The highest BCUT2D eigenvalue weighted by atomic mass is 16.6. The molecule has 2 aromatic rings. The van der Waals surface area contributed by atoms with Crippen LogP contribution in [0, 0.1) is 25.7 Å². The van der Waals surface area contributed by atoms with Crippen LogP contribution in [-0.2, 0) is 28.7 Å². The largest absolute Gasteiger partial charge is 0.455 e. The van der Waals surface area contributed by atoms with Crippen molar-refractivity contribution in [1.82, 2.24) is 9.80 Å². The van der Waals surface area contributed by atoms with Crippen LogP contribution in [-0.4, -0.2) is 88.6 Å². The Kier molecular flexibility index (Phi) is 11.3. The minimum absolute atomic E-state index is 0.109. The second-order valence-corrected chi connectivity index (χ2v) is 13.9. The third-order valence-corrected chi connectivity index (χ3v) is 10.9. The second kappa shape index (κ2) is 15.3. The molecule has 0 aromatic heterocycles. The maximum absolute atomic E-state index is 14.9. The average Bonchev–Trinajstić information content (AvgIpc) is 3.77. The summed E-state index contributed by atoms with van der Waals surface area (Å²) in [5, 5.41) is 10.5. The minimum Gasteiger partial charge on any atom is -0.455 e. The monoisotopic (exact) mass is 685 g/mol. The van der Waals surface area contributed by atoms with E-state index in [-0.39, 0.29) is 31.4 Å². The predicted molar refractivity (Wildman–Crippen MR) is 191 cm³/mol. The first-order valence-electron chi connectivity index (χ1n) is 17.7. The molecule has 1 N–H and O–H groups in total. The summed E-state index contributed by atoms with van der Waals surface area (Å²) in [5.41, 5.74) is 1.99. The van der Waals surface area contributed by atoms with Gasteiger partial charge in [0.25, 0.3) is 5.91 Å². The van der Waals surface area contributed by atoms with Gasteiger partial charge in [0.15, 0.2) is 0 Å². The number of esters is 1. The highest BCUT2D eigenvalue weighted by Crippen LogP contribution is 2.59. The van der Waals surface area contributed by atoms with E-state index in [1.165, 1.54) is 4.90 Å². The Bertz CT molecular complexity index is 1610. The molecule has 268 valence electrons. The maximum atomic E-state index is 14.9. The van der Waals surface area contributed by atoms with Gasteiger partial charge in [0.1, 0.15) is 17.7 Å². The highest BCUT2D eigenvalue weighted by Gasteiger charge is 2.75. The number of benzene rings is 2. The van der Waals surface area contributed by atoms with E-state index in [4.69, 9.17) is 9.47 Å². The van der Waals surface area contributed by atoms with Crippen LogP contribution >= 0.6 is 0 Å². The van der Waals surface area contributed by atoms with Gasteiger partial charge in [-0.1, -0.05) is 61.5 Å². The van der Waals surface area contributed by atoms with Gasteiger partial charge in [-0.3, -0.25) is 19.2 Å². The SMILES string of the molecule is C=CCCC(=O)N(C)[C@H](C)[C@H](OC(=O)[C@@H]1[C@@H]2CC[C@]3(O2)[C@H](C(=O)N(CC=C)c2cc(C)ccc2C)N([C@@H](CC)CO)C(=O)[C@@H]13)c1ccccc1. The van der Waals surface area contributed by atoms with Gasteiger partial charge < -0.3 is 29.3 Å². The van der Waals surface area contributed by atoms with E-state index in [2.05, 4.69) is 13.2 Å². The average molecular weight is 686 g/mol. The molecule has 2 bridgehead atoms. The number of aliphatic hydroxyl groups is 1. The number of nitrogens with zero attached hydrogens (tertiary/aromatic N) is 3. The van der Waals surface area contributed by atoms with Crippen molar-refractivity contribution in [2.24, 2.45) is 11.8 Å². The molecule has 10 nitrogen and oxygen atoms in total. The lowest BCUT2D eigenvalue weighted by Gasteiger charge is -2.39. The fourth-order valence-corrected chi connectivity index (χ4v) is 8.16. The molecular formula is C40H51N3O7. The van der Waals surface area contributed by atoms with Crippen molar-refractivity contribution in [3.8, 4) is 0 Å². The van der Waals surface area contributed by atoms with Crippen LogP contribution in [0.15, 0.2) is 73.8 Å². The first kappa shape index (κ1) is 37.0. The minimum atomic E-state index is -1.28. The van der Waals surface area contributed by atoms with Crippen LogP contribution < -0.4 is 4.90 Å². The maximum Gasteiger partial charge on any atom is 0.313 e. The Hall–Kier alpha value is -4.28. The molecule has 3 aliphatic heterocycles. The number of ether oxygens (including phenoxy) is 2. The van der Waals surface area contributed by atoms with Crippen LogP contribution in [0.1, 0.15) is 68.7 Å². The standard InChI is InChI=1S/C40H51N3O7/c1-8-11-17-32(45)41(7)27(6)35(28-15-13-12-14-16-28)49-39(48)33-31-20-21-40(50-31)34(33)37(46)43(29(10-3)24-44)36(40)38(47)42(22-9-2)30-23-25(4)18-19-26(30)5/h8-9,12-16,18-19,23,27,29,31,33-36,44H,1-2,10-11,17,20-22,24H2,3-7H3/t27-,29+,31+,33-,34-,35+,36+,40-/m1/s1. The van der Waals surface area contributed by atoms with Crippen molar-refractivity contribution in [3.05, 3.63) is 90.5 Å². The van der Waals surface area contributed by atoms with Gasteiger partial charge in [-0.05, 0) is 69.2 Å². The molecule has 3 heterocycles. The summed E-state index contributed by atoms with van der Waals surface area (Å²) in [4.78, 5) is 61.8. The van der Waals surface area contributed by atoms with Crippen LogP contribution in [0.4, 0.5) is 5.69 Å². The fraction of sp³-hybridized carbons (Fsp3) is 0.500. The molecule has 10 heteroatoms. The van der Waals surface area contributed by atoms with E-state index in [9.17, 15) is 24.3 Å². The Morgan fingerprint density at radius 1 is 1.14 bits per heavy atom. The quantitative estimate of drug-likeness (QED) is 0.206. The number of hydrogen-bond acceptors (Lipinski definition) is 7. The molecule has 1 spiro atoms. The summed E-state index contributed by atoms with van der Waals surface area (Å²) >= 11 is 0. The van der Waals surface area contributed by atoms with Crippen molar-refractivity contribution in [1.29, 1.82) is 0 Å². The number of anilines is 1. The number of allylic oxidation sites excluding steroid dienone is 1. The summed E-state index contributed by atoms with van der Waals surface area (Å²) < 4.78 is 13.0. The molecule has 5 rings (SSSR count). The number of likely N-dealkylation sites (tertiary alicyclic amines) is 1. The number of fused-ring (bicyclic) bond motifs is 1. The molecule has 3 fully saturated rings. The molecule has 8 atom stereocenters. The molecule has 2 aromatic carbocycles. The van der Waals surface area contributed by atoms with Gasteiger partial charge >= 0.3 is 5.97 Å². The fourth-order valence-electron chi connectivity index (χ4n) is 8.16. The third-order valence-electron chi connectivity index (χ3n) is 10.9. The number of carbonyl (C=O) groups is 4. The molecule has 50 heavy (non-hydrogen) atoms. The molecule has 0 aliphatic carbocycles. The number of hydrogen-bond donors (Lipinski definition) is 1. The van der Waals surface area contributed by atoms with E-state index >= 15 is 0 Å². The van der Waals surface area contributed by atoms with Crippen molar-refractivity contribution >= 4 is 29.4 Å². The number of rotatable bonds is 15. The lowest BCUT2D eigenvalue weighted by atomic mass is 9.70. The number of amides is 3. The number of aryl methyl sites for hydroxylation is 2. The van der Waals surface area contributed by atoms with E-state index < -0.39 is 59.6 Å². The topological polar surface area (TPSA) is 117 Å². The van der Waals surface area contributed by atoms with Crippen molar-refractivity contribution in [3.63, 3.8) is 0 Å². The molecule has 3 amide bonds. The van der Waals surface area contributed by atoms with Crippen LogP contribution in [0.2, 0.25) is 0 Å². The smallest absolute Gasteiger partial charge is 0.313 e. The summed E-state index contributed by atoms with van der Waals surface area (Å²) in [5.74, 6) is -3.40. The number of carbonyl (C=O) groups excluding carboxylic acids is 4. The first-order valence-corrected chi connectivity index (χ1v) is 17.7. The Labute approximate surface area is 295 Å². The Morgan fingerprint density at radius 3 is 2.50 bits per heavy atom. The van der Waals surface area contributed by atoms with E-state index in [0.29, 0.717) is 36.9 Å². The highest BCUT2D eigenvalue weighted by molar-refractivity contribution is 6.05. The summed E-state index contributed by atoms with van der Waals surface area (Å²) in [6.07, 6.45) is 3.95. The molecule has 3 saturated heterocycles. The summed E-state index contributed by atoms with van der Waals surface area (Å²) in [6.45, 7) is 15.0. The van der Waals surface area contributed by atoms with E-state index in [1.54, 1.807) is 29.0 Å². The zero-order valence-corrected chi connectivity index (χ0v) is 29.9. The number of aliphatic hydroxyl groups excluding tert-OH is 1. The molecule has 3 aliphatic rings. The molecular weight excluding hydrogens is 634 g/mol. The predicted octanol–water partition coefficient (Wildman–Crippen LogP) is 5.07. The Balaban J connectivity index is 1.53. The van der Waals surface area contributed by atoms with Gasteiger partial charge in [-0.2, -0.15) is 0 Å². The van der Waals surface area contributed by atoms with Gasteiger partial charge in [0.05, 0.1) is 36.6 Å². The van der Waals surface area contributed by atoms with Crippen molar-refractivity contribution in [2.45, 2.75) is 95.7 Å². The van der Waals surface area contributed by atoms with Crippen molar-refractivity contribution in [2.75, 3.05) is 25.1 Å². The third kappa shape index (κ3) is 6.51. The molecule has 0 radical (unpaired) electrons. The first-order chi connectivity index (χ1) is 23.9. The second-order valence-electron chi connectivity index (χ2n) is 13.9. The molecule has 0 saturated carbocycles. The number of likely N-dealkylation sites (N-methyl/N-ethyl adjacent to an activating group) is 1. The van der Waals surface area contributed by atoms with Crippen LogP contribution in [0.3, 0.4) is 0 Å². The summed E-state index contributed by atoms with van der Waals surface area (Å²) in [7, 11) is 1.69. The molecule has 0 unspecified atom stereocenters. The summed E-state index contributed by atoms with van der Waals surface area (Å²) in [6, 6.07) is 12.9. The zero-order chi connectivity index (χ0) is 36.3. The van der Waals surface area contributed by atoms with E-state index in [0.717, 1.165) is 11.1 Å². The van der Waals surface area contributed by atoms with Gasteiger partial charge in [-0.15, -0.1) is 13.2 Å². The zero-order valence-electron chi connectivity index (χ0n) is 29.9. The lowest BCUT2D eigenvalue weighted by molar-refractivity contribution is -0.165. The van der Waals surface area contributed by atoms with Gasteiger partial charge in [-0.25, -0.2) is 0 Å². The van der Waals surface area contributed by atoms with Crippen LogP contribution in [0.5, 0.6) is 0 Å². The van der Waals surface area contributed by atoms with E-state index in [1.807, 2.05) is 76.2 Å². The lowest BCUT2D eigenvalue weighted by Crippen LogP contribution is -2.59. The van der Waals surface area contributed by atoms with Crippen molar-refractivity contribution < 1.29 is 33.8 Å². The van der Waals surface area contributed by atoms with Gasteiger partial charge in [0, 0.05) is 25.7 Å². The normalized spacial score (nSPS) is 25.4. The van der Waals surface area contributed by atoms with Crippen LogP contribution in [0.25, 0.3) is 0 Å².